The second-order valence-corrected chi connectivity index (χ2v) is 7.20. The largest absolute Gasteiger partial charge is 0.450 e. The minimum absolute atomic E-state index is 0. The van der Waals surface area contributed by atoms with Gasteiger partial charge in [0.05, 0.1) is 13.2 Å². The van der Waals surface area contributed by atoms with Gasteiger partial charge in [-0.15, -0.1) is 35.7 Å². The molecular weight excluding hydrogens is 475 g/mol. The van der Waals surface area contributed by atoms with Crippen molar-refractivity contribution in [1.82, 2.24) is 15.5 Å². The molecule has 0 saturated carbocycles. The van der Waals surface area contributed by atoms with Crippen LogP contribution in [0.15, 0.2) is 40.2 Å². The Labute approximate surface area is 183 Å². The molecule has 1 aromatic rings. The van der Waals surface area contributed by atoms with Gasteiger partial charge in [0.25, 0.3) is 0 Å². The highest BCUT2D eigenvalue weighted by atomic mass is 127. The van der Waals surface area contributed by atoms with Crippen LogP contribution in [0.25, 0.3) is 0 Å². The quantitative estimate of drug-likeness (QED) is 0.195. The molecule has 1 aliphatic heterocycles. The van der Waals surface area contributed by atoms with E-state index in [0.717, 1.165) is 50.7 Å². The fourth-order valence-electron chi connectivity index (χ4n) is 2.77. The van der Waals surface area contributed by atoms with Crippen molar-refractivity contribution in [1.29, 1.82) is 0 Å². The van der Waals surface area contributed by atoms with Crippen LogP contribution in [0.5, 0.6) is 0 Å². The third-order valence-electron chi connectivity index (χ3n) is 4.08. The van der Waals surface area contributed by atoms with Crippen LogP contribution in [0.3, 0.4) is 0 Å². The molecule has 2 rings (SSSR count). The first kappa shape index (κ1) is 23.9. The molecular formula is C19H31IN4O2S. The van der Waals surface area contributed by atoms with E-state index < -0.39 is 0 Å². The van der Waals surface area contributed by atoms with Crippen molar-refractivity contribution in [3.63, 3.8) is 0 Å². The Kier molecular flexibility index (Phi) is 12.3. The Morgan fingerprint density at radius 3 is 2.59 bits per heavy atom. The van der Waals surface area contributed by atoms with Crippen molar-refractivity contribution in [3.05, 3.63) is 30.3 Å². The van der Waals surface area contributed by atoms with Crippen LogP contribution in [0.1, 0.15) is 26.7 Å². The highest BCUT2D eigenvalue weighted by molar-refractivity contribution is 14.0. The molecule has 0 aliphatic carbocycles. The van der Waals surface area contributed by atoms with Gasteiger partial charge in [0, 0.05) is 36.3 Å². The predicted octanol–water partition coefficient (Wildman–Crippen LogP) is 3.57. The summed E-state index contributed by atoms with van der Waals surface area (Å²) in [5.74, 6) is 1.80. The summed E-state index contributed by atoms with van der Waals surface area (Å²) in [6.45, 7) is 7.37. The fourth-order valence-corrected chi connectivity index (χ4v) is 3.54. The average Bonchev–Trinajstić information content (AvgIpc) is 2.67. The van der Waals surface area contributed by atoms with Gasteiger partial charge >= 0.3 is 6.09 Å². The van der Waals surface area contributed by atoms with Gasteiger partial charge in [0.2, 0.25) is 0 Å². The molecule has 152 valence electrons. The molecule has 0 radical (unpaired) electrons. The van der Waals surface area contributed by atoms with E-state index in [1.165, 1.54) is 4.90 Å². The summed E-state index contributed by atoms with van der Waals surface area (Å²) in [6.07, 6.45) is 1.61. The maximum atomic E-state index is 11.8. The molecule has 1 aliphatic rings. The number of rotatable bonds is 7. The van der Waals surface area contributed by atoms with Crippen LogP contribution < -0.4 is 10.6 Å². The maximum Gasteiger partial charge on any atom is 0.409 e. The second kappa shape index (κ2) is 13.9. The molecule has 0 aromatic heterocycles. The summed E-state index contributed by atoms with van der Waals surface area (Å²) >= 11 is 1.81. The van der Waals surface area contributed by atoms with E-state index >= 15 is 0 Å². The van der Waals surface area contributed by atoms with Crippen LogP contribution in [0.4, 0.5) is 4.79 Å². The number of carbonyl (C=O) groups excluding carboxylic acids is 1. The number of likely N-dealkylation sites (tertiary alicyclic amines) is 1. The number of hydrogen-bond acceptors (Lipinski definition) is 4. The zero-order valence-corrected chi connectivity index (χ0v) is 19.3. The summed E-state index contributed by atoms with van der Waals surface area (Å²) in [4.78, 5) is 19.5. The van der Waals surface area contributed by atoms with E-state index in [1.54, 1.807) is 4.90 Å². The van der Waals surface area contributed by atoms with E-state index in [0.29, 0.717) is 12.6 Å². The second-order valence-electron chi connectivity index (χ2n) is 6.03. The monoisotopic (exact) mass is 506 g/mol. The number of piperidine rings is 1. The molecule has 1 amide bonds. The van der Waals surface area contributed by atoms with Crippen molar-refractivity contribution in [2.24, 2.45) is 4.99 Å². The van der Waals surface area contributed by atoms with E-state index in [4.69, 9.17) is 4.74 Å². The topological polar surface area (TPSA) is 66.0 Å². The van der Waals surface area contributed by atoms with Gasteiger partial charge in [-0.3, -0.25) is 4.99 Å². The number of carbonyl (C=O) groups is 1. The predicted molar refractivity (Wildman–Crippen MR) is 123 cm³/mol. The number of thioether (sulfide) groups is 1. The third kappa shape index (κ3) is 9.05. The van der Waals surface area contributed by atoms with Crippen molar-refractivity contribution >= 4 is 47.8 Å². The average molecular weight is 506 g/mol. The number of halogens is 1. The number of ether oxygens (including phenoxy) is 1. The van der Waals surface area contributed by atoms with E-state index in [9.17, 15) is 4.79 Å². The van der Waals surface area contributed by atoms with Gasteiger partial charge in [0.15, 0.2) is 5.96 Å². The first-order valence-corrected chi connectivity index (χ1v) is 10.4. The molecule has 1 heterocycles. The molecule has 27 heavy (non-hydrogen) atoms. The van der Waals surface area contributed by atoms with Crippen LogP contribution in [-0.2, 0) is 4.74 Å². The zero-order chi connectivity index (χ0) is 18.6. The molecule has 1 aromatic carbocycles. The molecule has 1 fully saturated rings. The first-order valence-electron chi connectivity index (χ1n) is 9.37. The lowest BCUT2D eigenvalue weighted by molar-refractivity contribution is 0.0963. The summed E-state index contributed by atoms with van der Waals surface area (Å²) in [6, 6.07) is 10.7. The van der Waals surface area contributed by atoms with Crippen molar-refractivity contribution < 1.29 is 9.53 Å². The number of nitrogens with one attached hydrogen (secondary N) is 2. The van der Waals surface area contributed by atoms with Gasteiger partial charge in [-0.25, -0.2) is 4.79 Å². The van der Waals surface area contributed by atoms with E-state index in [-0.39, 0.29) is 30.1 Å². The van der Waals surface area contributed by atoms with Crippen LogP contribution >= 0.6 is 35.7 Å². The van der Waals surface area contributed by atoms with E-state index in [1.807, 2.05) is 24.8 Å². The number of hydrogen-bond donors (Lipinski definition) is 2. The lowest BCUT2D eigenvalue weighted by Gasteiger charge is -2.32. The number of nitrogens with zero attached hydrogens (tertiary/aromatic N) is 2. The van der Waals surface area contributed by atoms with E-state index in [2.05, 4.69) is 46.8 Å². The molecule has 0 unspecified atom stereocenters. The summed E-state index contributed by atoms with van der Waals surface area (Å²) in [7, 11) is 0. The maximum absolute atomic E-state index is 11.8. The normalized spacial score (nSPS) is 15.0. The lowest BCUT2D eigenvalue weighted by Crippen LogP contribution is -2.50. The standard InChI is InChI=1S/C19H30N4O2S.HI/c1-3-20-18(21-12-15-26-17-8-6-5-7-9-17)22-16-10-13-23(14-11-16)19(24)25-4-2;/h5-9,16H,3-4,10-15H2,1-2H3,(H2,20,21,22);1H. The minimum Gasteiger partial charge on any atom is -0.450 e. The summed E-state index contributed by atoms with van der Waals surface area (Å²) < 4.78 is 5.07. The van der Waals surface area contributed by atoms with Crippen molar-refractivity contribution in [2.75, 3.05) is 38.5 Å². The molecule has 2 N–H and O–H groups in total. The Hall–Kier alpha value is -1.16. The fraction of sp³-hybridized carbons (Fsp3) is 0.579. The number of aliphatic imine (C=N–C) groups is 1. The van der Waals surface area contributed by atoms with Gasteiger partial charge in [-0.1, -0.05) is 18.2 Å². The van der Waals surface area contributed by atoms with Gasteiger partial charge < -0.3 is 20.3 Å². The molecule has 0 atom stereocenters. The Balaban J connectivity index is 0.00000364. The van der Waals surface area contributed by atoms with Crippen LogP contribution in [0.2, 0.25) is 0 Å². The molecule has 6 nitrogen and oxygen atoms in total. The van der Waals surface area contributed by atoms with Crippen LogP contribution in [-0.4, -0.2) is 61.5 Å². The smallest absolute Gasteiger partial charge is 0.409 e. The van der Waals surface area contributed by atoms with Crippen LogP contribution in [0, 0.1) is 0 Å². The van der Waals surface area contributed by atoms with Gasteiger partial charge in [-0.2, -0.15) is 0 Å². The lowest BCUT2D eigenvalue weighted by atomic mass is 10.1. The van der Waals surface area contributed by atoms with Crippen molar-refractivity contribution in [3.8, 4) is 0 Å². The molecule has 0 spiro atoms. The Morgan fingerprint density at radius 2 is 1.96 bits per heavy atom. The zero-order valence-electron chi connectivity index (χ0n) is 16.1. The number of guanidine groups is 1. The highest BCUT2D eigenvalue weighted by Crippen LogP contribution is 2.16. The highest BCUT2D eigenvalue weighted by Gasteiger charge is 2.23. The minimum atomic E-state index is -0.204. The number of amides is 1. The summed E-state index contributed by atoms with van der Waals surface area (Å²) in [5, 5.41) is 6.81. The Bertz CT molecular complexity index is 566. The molecule has 1 saturated heterocycles. The first-order chi connectivity index (χ1) is 12.7. The van der Waals surface area contributed by atoms with Gasteiger partial charge in [0.1, 0.15) is 0 Å². The molecule has 0 bridgehead atoms. The van der Waals surface area contributed by atoms with Gasteiger partial charge in [-0.05, 0) is 38.8 Å². The SMILES string of the molecule is CCNC(=NCCSc1ccccc1)NC1CCN(C(=O)OCC)CC1.I. The third-order valence-corrected chi connectivity index (χ3v) is 5.07. The molecule has 8 heteroatoms. The summed E-state index contributed by atoms with van der Waals surface area (Å²) in [5.41, 5.74) is 0. The Morgan fingerprint density at radius 1 is 1.26 bits per heavy atom. The number of benzene rings is 1. The van der Waals surface area contributed by atoms with Crippen molar-refractivity contribution in [2.45, 2.75) is 37.6 Å².